The fourth-order valence-electron chi connectivity index (χ4n) is 2.33. The molecule has 0 amide bonds. The Labute approximate surface area is 135 Å². The van der Waals surface area contributed by atoms with Crippen LogP contribution in [0.4, 0.5) is 0 Å². The van der Waals surface area contributed by atoms with Crippen LogP contribution in [0.5, 0.6) is 11.5 Å². The molecule has 5 N–H and O–H groups in total. The topological polar surface area (TPSA) is 93.0 Å². The maximum absolute atomic E-state index is 10.2. The second-order valence-corrected chi connectivity index (χ2v) is 5.72. The third-order valence-corrected chi connectivity index (χ3v) is 3.88. The van der Waals surface area contributed by atoms with Crippen LogP contribution in [-0.2, 0) is 6.42 Å². The summed E-state index contributed by atoms with van der Waals surface area (Å²) in [6.45, 7) is 2.09. The summed E-state index contributed by atoms with van der Waals surface area (Å²) < 4.78 is 0. The highest BCUT2D eigenvalue weighted by molar-refractivity contribution is 5.41. The second kappa shape index (κ2) is 7.97. The normalized spacial score (nSPS) is 15.1. The van der Waals surface area contributed by atoms with Gasteiger partial charge in [-0.15, -0.1) is 0 Å². The third kappa shape index (κ3) is 4.96. The van der Waals surface area contributed by atoms with Crippen molar-refractivity contribution in [3.05, 3.63) is 59.7 Å². The average Bonchev–Trinajstić information content (AvgIpc) is 2.55. The second-order valence-electron chi connectivity index (χ2n) is 5.72. The Morgan fingerprint density at radius 1 is 0.957 bits per heavy atom. The minimum absolute atomic E-state index is 0.199. The minimum atomic E-state index is -0.840. The van der Waals surface area contributed by atoms with Crippen LogP contribution in [0.2, 0.25) is 0 Å². The van der Waals surface area contributed by atoms with Crippen molar-refractivity contribution in [1.29, 1.82) is 0 Å². The predicted octanol–water partition coefficient (Wildman–Crippen LogP) is 1.71. The van der Waals surface area contributed by atoms with Crippen molar-refractivity contribution in [2.75, 3.05) is 6.54 Å². The summed E-state index contributed by atoms with van der Waals surface area (Å²) >= 11 is 0. The quantitative estimate of drug-likeness (QED) is 0.501. The van der Waals surface area contributed by atoms with E-state index in [9.17, 15) is 20.4 Å². The van der Waals surface area contributed by atoms with E-state index in [1.54, 1.807) is 6.07 Å². The number of aliphatic hydroxyl groups excluding tert-OH is 2. The van der Waals surface area contributed by atoms with Crippen LogP contribution in [0.25, 0.3) is 0 Å². The molecule has 0 aromatic heterocycles. The SMILES string of the molecule is CC(NCC(O)c1ccc(O)c(O)c1)C(O)Cc1ccccc1. The molecule has 0 saturated heterocycles. The molecule has 23 heavy (non-hydrogen) atoms. The fourth-order valence-corrected chi connectivity index (χ4v) is 2.33. The van der Waals surface area contributed by atoms with Crippen LogP contribution in [-0.4, -0.2) is 39.1 Å². The predicted molar refractivity (Wildman–Crippen MR) is 88.3 cm³/mol. The van der Waals surface area contributed by atoms with E-state index in [0.29, 0.717) is 12.0 Å². The van der Waals surface area contributed by atoms with Crippen molar-refractivity contribution in [3.63, 3.8) is 0 Å². The van der Waals surface area contributed by atoms with Gasteiger partial charge in [0, 0.05) is 12.6 Å². The summed E-state index contributed by atoms with van der Waals surface area (Å²) in [4.78, 5) is 0. The van der Waals surface area contributed by atoms with Crippen LogP contribution >= 0.6 is 0 Å². The zero-order valence-electron chi connectivity index (χ0n) is 13.1. The van der Waals surface area contributed by atoms with Crippen LogP contribution in [0.15, 0.2) is 48.5 Å². The molecule has 0 aliphatic heterocycles. The summed E-state index contributed by atoms with van der Waals surface area (Å²) in [7, 11) is 0. The first-order valence-electron chi connectivity index (χ1n) is 7.62. The van der Waals surface area contributed by atoms with Gasteiger partial charge in [-0.05, 0) is 36.6 Å². The molecule has 0 fully saturated rings. The van der Waals surface area contributed by atoms with Crippen LogP contribution in [0.3, 0.4) is 0 Å². The summed E-state index contributed by atoms with van der Waals surface area (Å²) in [5.41, 5.74) is 1.55. The molecule has 0 heterocycles. The highest BCUT2D eigenvalue weighted by atomic mass is 16.3. The van der Waals surface area contributed by atoms with Gasteiger partial charge in [0.15, 0.2) is 11.5 Å². The molecule has 0 spiro atoms. The molecular formula is C18H23NO4. The summed E-state index contributed by atoms with van der Waals surface area (Å²) in [5.74, 6) is -0.487. The highest BCUT2D eigenvalue weighted by Gasteiger charge is 2.17. The molecule has 5 nitrogen and oxygen atoms in total. The molecular weight excluding hydrogens is 294 g/mol. The van der Waals surface area contributed by atoms with Crippen LogP contribution in [0.1, 0.15) is 24.2 Å². The number of hydrogen-bond acceptors (Lipinski definition) is 5. The summed E-state index contributed by atoms with van der Waals surface area (Å²) in [6, 6.07) is 13.7. The Morgan fingerprint density at radius 3 is 2.30 bits per heavy atom. The van der Waals surface area contributed by atoms with E-state index in [2.05, 4.69) is 5.32 Å². The van der Waals surface area contributed by atoms with Crippen LogP contribution < -0.4 is 5.32 Å². The van der Waals surface area contributed by atoms with Gasteiger partial charge in [0.25, 0.3) is 0 Å². The summed E-state index contributed by atoms with van der Waals surface area (Å²) in [6.07, 6.45) is -0.879. The lowest BCUT2D eigenvalue weighted by atomic mass is 10.0. The molecule has 3 unspecified atom stereocenters. The van der Waals surface area contributed by atoms with Gasteiger partial charge in [0.05, 0.1) is 12.2 Å². The number of aliphatic hydroxyl groups is 2. The number of aromatic hydroxyl groups is 2. The molecule has 5 heteroatoms. The number of rotatable bonds is 7. The van der Waals surface area contributed by atoms with E-state index in [1.165, 1.54) is 12.1 Å². The number of phenolic OH excluding ortho intramolecular Hbond substituents is 2. The molecule has 124 valence electrons. The Morgan fingerprint density at radius 2 is 1.65 bits per heavy atom. The van der Waals surface area contributed by atoms with Gasteiger partial charge in [-0.1, -0.05) is 36.4 Å². The van der Waals surface area contributed by atoms with E-state index in [4.69, 9.17) is 0 Å². The Hall–Kier alpha value is -2.08. The minimum Gasteiger partial charge on any atom is -0.504 e. The Bertz CT molecular complexity index is 618. The molecule has 0 aliphatic carbocycles. The Balaban J connectivity index is 1.85. The molecule has 2 rings (SSSR count). The molecule has 0 bridgehead atoms. The lowest BCUT2D eigenvalue weighted by Crippen LogP contribution is -2.40. The number of benzene rings is 2. The molecule has 0 radical (unpaired) electrons. The lowest BCUT2D eigenvalue weighted by Gasteiger charge is -2.22. The first-order chi connectivity index (χ1) is 11.0. The lowest BCUT2D eigenvalue weighted by molar-refractivity contribution is 0.116. The van der Waals surface area contributed by atoms with Gasteiger partial charge in [0.2, 0.25) is 0 Å². The molecule has 2 aromatic rings. The zero-order chi connectivity index (χ0) is 16.8. The van der Waals surface area contributed by atoms with Gasteiger partial charge in [-0.25, -0.2) is 0 Å². The van der Waals surface area contributed by atoms with Crippen LogP contribution in [0, 0.1) is 0 Å². The van der Waals surface area contributed by atoms with E-state index in [1.807, 2.05) is 37.3 Å². The van der Waals surface area contributed by atoms with Crippen molar-refractivity contribution in [2.45, 2.75) is 31.6 Å². The maximum atomic E-state index is 10.2. The van der Waals surface area contributed by atoms with Crippen molar-refractivity contribution < 1.29 is 20.4 Å². The van der Waals surface area contributed by atoms with Crippen molar-refractivity contribution in [2.24, 2.45) is 0 Å². The summed E-state index contributed by atoms with van der Waals surface area (Å²) in [5, 5.41) is 42.2. The maximum Gasteiger partial charge on any atom is 0.157 e. The fraction of sp³-hybridized carbons (Fsp3) is 0.333. The molecule has 3 atom stereocenters. The van der Waals surface area contributed by atoms with Gasteiger partial charge in [-0.3, -0.25) is 0 Å². The highest BCUT2D eigenvalue weighted by Crippen LogP contribution is 2.27. The van der Waals surface area contributed by atoms with Gasteiger partial charge in [-0.2, -0.15) is 0 Å². The first kappa shape index (κ1) is 17.3. The van der Waals surface area contributed by atoms with Crippen molar-refractivity contribution in [1.82, 2.24) is 5.32 Å². The standard InChI is InChI=1S/C18H23NO4/c1-12(16(21)9-13-5-3-2-4-6-13)19-11-18(23)14-7-8-15(20)17(22)10-14/h2-8,10,12,16,18-23H,9,11H2,1H3. The van der Waals surface area contributed by atoms with E-state index < -0.39 is 12.2 Å². The average molecular weight is 317 g/mol. The smallest absolute Gasteiger partial charge is 0.157 e. The molecule has 0 aliphatic rings. The number of nitrogens with one attached hydrogen (secondary N) is 1. The first-order valence-corrected chi connectivity index (χ1v) is 7.62. The monoisotopic (exact) mass is 317 g/mol. The molecule has 0 saturated carbocycles. The van der Waals surface area contributed by atoms with E-state index in [0.717, 1.165) is 5.56 Å². The third-order valence-electron chi connectivity index (χ3n) is 3.88. The zero-order valence-corrected chi connectivity index (χ0v) is 13.1. The van der Waals surface area contributed by atoms with Crippen molar-refractivity contribution >= 4 is 0 Å². The van der Waals surface area contributed by atoms with E-state index in [-0.39, 0.29) is 24.1 Å². The van der Waals surface area contributed by atoms with Gasteiger partial charge < -0.3 is 25.7 Å². The Kier molecular flexibility index (Phi) is 5.98. The number of hydrogen-bond donors (Lipinski definition) is 5. The van der Waals surface area contributed by atoms with Gasteiger partial charge in [0.1, 0.15) is 0 Å². The molecule has 2 aromatic carbocycles. The number of phenols is 2. The van der Waals surface area contributed by atoms with E-state index >= 15 is 0 Å². The largest absolute Gasteiger partial charge is 0.504 e. The van der Waals surface area contributed by atoms with Gasteiger partial charge >= 0.3 is 0 Å². The van der Waals surface area contributed by atoms with Crippen molar-refractivity contribution in [3.8, 4) is 11.5 Å².